The number of ether oxygens (including phenoxy) is 2. The van der Waals surface area contributed by atoms with Crippen LogP contribution in [0, 0.1) is 16.0 Å². The number of nitro benzene ring substituents is 1. The van der Waals surface area contributed by atoms with E-state index in [2.05, 4.69) is 9.97 Å². The third kappa shape index (κ3) is 3.94. The first-order valence-electron chi connectivity index (χ1n) is 7.35. The molecule has 0 aliphatic rings. The van der Waals surface area contributed by atoms with Gasteiger partial charge in [-0.15, -0.1) is 0 Å². The molecule has 2 rings (SSSR count). The number of benzene rings is 1. The number of aliphatic carboxylic acids is 1. The van der Waals surface area contributed by atoms with Gasteiger partial charge in [-0.1, -0.05) is 0 Å². The lowest BCUT2D eigenvalue weighted by Gasteiger charge is -2.13. The second-order valence-corrected chi connectivity index (χ2v) is 5.37. The molecule has 1 aromatic heterocycles. The fourth-order valence-electron chi connectivity index (χ4n) is 2.46. The molecule has 0 fully saturated rings. The number of nitrogens with two attached hydrogens (primary N) is 1. The highest BCUT2D eigenvalue weighted by molar-refractivity contribution is 5.85. The third-order valence-electron chi connectivity index (χ3n) is 3.66. The predicted molar refractivity (Wildman–Crippen MR) is 87.9 cm³/mol. The zero-order valence-corrected chi connectivity index (χ0v) is 14.0. The molecule has 0 aliphatic carbocycles. The van der Waals surface area contributed by atoms with E-state index in [9.17, 15) is 19.7 Å². The molecule has 1 aromatic carbocycles. The molecule has 26 heavy (non-hydrogen) atoms. The molecule has 2 aromatic rings. The van der Waals surface area contributed by atoms with Gasteiger partial charge in [-0.3, -0.25) is 19.7 Å². The van der Waals surface area contributed by atoms with Crippen molar-refractivity contribution < 1.29 is 29.1 Å². The molecule has 1 heterocycles. The number of carbonyl (C=O) groups excluding carboxylic acids is 1. The maximum atomic E-state index is 11.6. The Balaban J connectivity index is 2.66. The number of primary amides is 1. The quantitative estimate of drug-likeness (QED) is 0.505. The van der Waals surface area contributed by atoms with Crippen molar-refractivity contribution in [3.63, 3.8) is 0 Å². The average molecular weight is 364 g/mol. The van der Waals surface area contributed by atoms with E-state index in [4.69, 9.17) is 20.3 Å². The van der Waals surface area contributed by atoms with Gasteiger partial charge in [-0.05, 0) is 12.0 Å². The number of fused-ring (bicyclic) bond motifs is 1. The number of hydrogen-bond acceptors (Lipinski definition) is 8. The van der Waals surface area contributed by atoms with Crippen molar-refractivity contribution in [1.82, 2.24) is 9.97 Å². The Hall–Kier alpha value is -3.50. The van der Waals surface area contributed by atoms with E-state index in [0.717, 1.165) is 0 Å². The summed E-state index contributed by atoms with van der Waals surface area (Å²) in [6.45, 7) is 0. The predicted octanol–water partition coefficient (Wildman–Crippen LogP) is 0.674. The van der Waals surface area contributed by atoms with Crippen LogP contribution in [-0.4, -0.2) is 46.1 Å². The van der Waals surface area contributed by atoms with Gasteiger partial charge in [0.1, 0.15) is 5.52 Å². The van der Waals surface area contributed by atoms with Gasteiger partial charge in [-0.2, -0.15) is 0 Å². The largest absolute Gasteiger partial charge is 0.481 e. The average Bonchev–Trinajstić information content (AvgIpc) is 2.59. The van der Waals surface area contributed by atoms with Crippen molar-refractivity contribution in [1.29, 1.82) is 0 Å². The van der Waals surface area contributed by atoms with Crippen LogP contribution in [-0.2, 0) is 16.0 Å². The summed E-state index contributed by atoms with van der Waals surface area (Å²) >= 11 is 0. The molecule has 1 atom stereocenters. The lowest BCUT2D eigenvalue weighted by atomic mass is 9.94. The Bertz CT molecular complexity index is 884. The molecular weight excluding hydrogens is 348 g/mol. The summed E-state index contributed by atoms with van der Waals surface area (Å²) in [6, 6.07) is 2.41. The summed E-state index contributed by atoms with van der Waals surface area (Å²) in [7, 11) is 2.69. The number of aromatic nitrogens is 2. The van der Waals surface area contributed by atoms with Gasteiger partial charge >= 0.3 is 5.97 Å². The van der Waals surface area contributed by atoms with Crippen molar-refractivity contribution in [3.05, 3.63) is 27.8 Å². The summed E-state index contributed by atoms with van der Waals surface area (Å²) in [4.78, 5) is 41.4. The molecule has 138 valence electrons. The highest BCUT2D eigenvalue weighted by Crippen LogP contribution is 2.31. The van der Waals surface area contributed by atoms with Gasteiger partial charge in [0, 0.05) is 12.1 Å². The zero-order chi connectivity index (χ0) is 19.4. The summed E-state index contributed by atoms with van der Waals surface area (Å²) in [6.07, 6.45) is -0.662. The summed E-state index contributed by atoms with van der Waals surface area (Å²) in [5, 5.41) is 20.1. The van der Waals surface area contributed by atoms with Crippen LogP contribution in [0.5, 0.6) is 11.8 Å². The first-order chi connectivity index (χ1) is 12.3. The van der Waals surface area contributed by atoms with E-state index in [0.29, 0.717) is 0 Å². The third-order valence-corrected chi connectivity index (χ3v) is 3.66. The normalized spacial score (nSPS) is 11.8. The minimum atomic E-state index is -1.21. The number of amides is 1. The maximum absolute atomic E-state index is 11.6. The number of nitro groups is 1. The molecule has 0 spiro atoms. The topological polar surface area (TPSA) is 168 Å². The molecule has 0 bridgehead atoms. The zero-order valence-electron chi connectivity index (χ0n) is 14.0. The van der Waals surface area contributed by atoms with Gasteiger partial charge in [0.2, 0.25) is 5.91 Å². The van der Waals surface area contributed by atoms with Crippen molar-refractivity contribution in [2.45, 2.75) is 12.8 Å². The van der Waals surface area contributed by atoms with Crippen LogP contribution in [0.1, 0.15) is 12.0 Å². The Kier molecular flexibility index (Phi) is 5.50. The number of non-ortho nitro benzene ring substituents is 1. The molecule has 0 saturated heterocycles. The number of carbonyl (C=O) groups is 2. The van der Waals surface area contributed by atoms with Crippen LogP contribution in [0.25, 0.3) is 11.0 Å². The van der Waals surface area contributed by atoms with Crippen LogP contribution in [0.3, 0.4) is 0 Å². The van der Waals surface area contributed by atoms with Crippen molar-refractivity contribution in [2.24, 2.45) is 11.7 Å². The molecule has 11 nitrogen and oxygen atoms in total. The molecule has 0 saturated carbocycles. The Labute approximate surface area is 146 Å². The van der Waals surface area contributed by atoms with Crippen molar-refractivity contribution >= 4 is 28.6 Å². The Morgan fingerprint density at radius 1 is 1.27 bits per heavy atom. The first kappa shape index (κ1) is 18.8. The van der Waals surface area contributed by atoms with Crippen LogP contribution < -0.4 is 15.2 Å². The summed E-state index contributed by atoms with van der Waals surface area (Å²) < 4.78 is 10.1. The number of methoxy groups -OCH3 is 2. The van der Waals surface area contributed by atoms with E-state index >= 15 is 0 Å². The Morgan fingerprint density at radius 3 is 2.38 bits per heavy atom. The van der Waals surface area contributed by atoms with Gasteiger partial charge in [0.15, 0.2) is 0 Å². The van der Waals surface area contributed by atoms with Crippen molar-refractivity contribution in [3.8, 4) is 11.8 Å². The second kappa shape index (κ2) is 7.59. The van der Waals surface area contributed by atoms with E-state index < -0.39 is 29.1 Å². The lowest BCUT2D eigenvalue weighted by Crippen LogP contribution is -2.27. The van der Waals surface area contributed by atoms with Crippen molar-refractivity contribution in [2.75, 3.05) is 14.2 Å². The molecule has 0 radical (unpaired) electrons. The van der Waals surface area contributed by atoms with E-state index in [1.807, 2.05) is 0 Å². The van der Waals surface area contributed by atoms with Gasteiger partial charge in [-0.25, -0.2) is 9.97 Å². The summed E-state index contributed by atoms with van der Waals surface area (Å²) in [5.41, 5.74) is 5.60. The smallest absolute Gasteiger partial charge is 0.304 e. The number of hydrogen-bond donors (Lipinski definition) is 2. The minimum absolute atomic E-state index is 0.0310. The van der Waals surface area contributed by atoms with Crippen LogP contribution >= 0.6 is 0 Å². The number of carboxylic acids is 1. The number of rotatable bonds is 8. The van der Waals surface area contributed by atoms with Gasteiger partial charge in [0.05, 0.1) is 37.0 Å². The maximum Gasteiger partial charge on any atom is 0.304 e. The molecular formula is C15H16N4O7. The number of nitrogens with zero attached hydrogens (tertiary/aromatic N) is 3. The standard InChI is InChI=1S/C15H16N4O7/c1-25-14-15(26-2)18-12-7(3-8(13(16)22)5-11(20)21)4-9(19(23)24)6-10(12)17-14/h4,6,8H,3,5H2,1-2H3,(H2,16,22)(H,20,21). The van der Waals surface area contributed by atoms with Crippen LogP contribution in [0.2, 0.25) is 0 Å². The summed E-state index contributed by atoms with van der Waals surface area (Å²) in [5.74, 6) is -3.03. The highest BCUT2D eigenvalue weighted by Gasteiger charge is 2.24. The minimum Gasteiger partial charge on any atom is -0.481 e. The van der Waals surface area contributed by atoms with Gasteiger partial charge in [0.25, 0.3) is 17.4 Å². The highest BCUT2D eigenvalue weighted by atomic mass is 16.6. The van der Waals surface area contributed by atoms with Gasteiger partial charge < -0.3 is 20.3 Å². The lowest BCUT2D eigenvalue weighted by molar-refractivity contribution is -0.384. The van der Waals surface area contributed by atoms with E-state index in [1.54, 1.807) is 0 Å². The monoisotopic (exact) mass is 364 g/mol. The Morgan fingerprint density at radius 2 is 1.88 bits per heavy atom. The van der Waals surface area contributed by atoms with Crippen LogP contribution in [0.4, 0.5) is 5.69 Å². The first-order valence-corrected chi connectivity index (χ1v) is 7.35. The van der Waals surface area contributed by atoms with Crippen LogP contribution in [0.15, 0.2) is 12.1 Å². The fourth-order valence-corrected chi connectivity index (χ4v) is 2.46. The second-order valence-electron chi connectivity index (χ2n) is 5.37. The van der Waals surface area contributed by atoms with E-state index in [-0.39, 0.29) is 40.5 Å². The molecule has 1 unspecified atom stereocenters. The number of carboxylic acid groups (broad SMARTS) is 1. The SMILES string of the molecule is COc1nc2cc([N+](=O)[O-])cc(CC(CC(=O)O)C(N)=O)c2nc1OC. The van der Waals surface area contributed by atoms with E-state index in [1.165, 1.54) is 26.4 Å². The fraction of sp³-hybridized carbons (Fsp3) is 0.333. The molecule has 1 amide bonds. The molecule has 11 heteroatoms. The molecule has 3 N–H and O–H groups in total. The molecule has 0 aliphatic heterocycles.